The van der Waals surface area contributed by atoms with Crippen molar-refractivity contribution in [3.8, 4) is 0 Å². The third-order valence-electron chi connectivity index (χ3n) is 2.29. The number of pyridine rings is 1. The van der Waals surface area contributed by atoms with E-state index in [1.165, 1.54) is 0 Å². The first-order chi connectivity index (χ1) is 7.81. The lowest BCUT2D eigenvalue weighted by atomic mass is 10.3. The standard InChI is InChI=1S/C12H14N2OS/c1-2-3-7-15-11(13)10-5-4-9-6-8-16-12(9)14-10/h4-6,8,13H,2-3,7H2,1H3. The molecule has 0 aromatic carbocycles. The Balaban J connectivity index is 2.10. The first-order valence-corrected chi connectivity index (χ1v) is 6.25. The Morgan fingerprint density at radius 3 is 3.12 bits per heavy atom. The highest BCUT2D eigenvalue weighted by Crippen LogP contribution is 2.18. The summed E-state index contributed by atoms with van der Waals surface area (Å²) in [7, 11) is 0. The summed E-state index contributed by atoms with van der Waals surface area (Å²) < 4.78 is 5.32. The van der Waals surface area contributed by atoms with E-state index >= 15 is 0 Å². The van der Waals surface area contributed by atoms with Crippen LogP contribution in [0.15, 0.2) is 23.6 Å². The van der Waals surface area contributed by atoms with Crippen molar-refractivity contribution in [2.45, 2.75) is 19.8 Å². The lowest BCUT2D eigenvalue weighted by Gasteiger charge is -2.05. The molecule has 0 saturated heterocycles. The summed E-state index contributed by atoms with van der Waals surface area (Å²) >= 11 is 1.58. The SMILES string of the molecule is CCCCOC(=N)c1ccc2ccsc2n1. The van der Waals surface area contributed by atoms with Crippen LogP contribution in [0, 0.1) is 5.41 Å². The number of nitrogens with one attached hydrogen (secondary N) is 1. The molecule has 0 aliphatic heterocycles. The van der Waals surface area contributed by atoms with Gasteiger partial charge in [-0.25, -0.2) is 4.98 Å². The van der Waals surface area contributed by atoms with Gasteiger partial charge in [0.05, 0.1) is 6.61 Å². The average Bonchev–Trinajstić information content (AvgIpc) is 2.76. The highest BCUT2D eigenvalue weighted by Gasteiger charge is 2.05. The Kier molecular flexibility index (Phi) is 3.51. The summed E-state index contributed by atoms with van der Waals surface area (Å²) in [5.41, 5.74) is 0.617. The summed E-state index contributed by atoms with van der Waals surface area (Å²) in [6.07, 6.45) is 2.05. The Bertz CT molecular complexity index is 492. The Labute approximate surface area is 98.6 Å². The van der Waals surface area contributed by atoms with Gasteiger partial charge in [0.1, 0.15) is 10.5 Å². The molecule has 0 fully saturated rings. The van der Waals surface area contributed by atoms with Crippen LogP contribution in [0.5, 0.6) is 0 Å². The van der Waals surface area contributed by atoms with Crippen molar-refractivity contribution in [3.63, 3.8) is 0 Å². The third kappa shape index (κ3) is 2.39. The number of thiophene rings is 1. The Hall–Kier alpha value is -1.42. The van der Waals surface area contributed by atoms with Gasteiger partial charge in [-0.15, -0.1) is 11.3 Å². The van der Waals surface area contributed by atoms with Gasteiger partial charge in [0.25, 0.3) is 0 Å². The van der Waals surface area contributed by atoms with E-state index in [0.717, 1.165) is 23.1 Å². The van der Waals surface area contributed by atoms with Crippen LogP contribution in [0.1, 0.15) is 25.5 Å². The topological polar surface area (TPSA) is 46.0 Å². The smallest absolute Gasteiger partial charge is 0.232 e. The van der Waals surface area contributed by atoms with Crippen LogP contribution < -0.4 is 0 Å². The van der Waals surface area contributed by atoms with Crippen molar-refractivity contribution in [1.82, 2.24) is 4.98 Å². The molecule has 0 aliphatic carbocycles. The van der Waals surface area contributed by atoms with Gasteiger partial charge in [0.2, 0.25) is 5.90 Å². The molecule has 0 amide bonds. The Morgan fingerprint density at radius 1 is 1.44 bits per heavy atom. The highest BCUT2D eigenvalue weighted by molar-refractivity contribution is 7.16. The molecule has 0 spiro atoms. The second-order valence-corrected chi connectivity index (χ2v) is 4.44. The number of unbranched alkanes of at least 4 members (excludes halogenated alkanes) is 1. The average molecular weight is 234 g/mol. The molecule has 1 N–H and O–H groups in total. The molecule has 2 heterocycles. The zero-order valence-corrected chi connectivity index (χ0v) is 10.0. The van der Waals surface area contributed by atoms with E-state index in [1.807, 2.05) is 23.6 Å². The van der Waals surface area contributed by atoms with Crippen molar-refractivity contribution in [1.29, 1.82) is 5.41 Å². The predicted octanol–water partition coefficient (Wildman–Crippen LogP) is 3.44. The molecule has 0 aliphatic rings. The summed E-state index contributed by atoms with van der Waals surface area (Å²) in [6.45, 7) is 2.70. The zero-order valence-electron chi connectivity index (χ0n) is 9.19. The van der Waals surface area contributed by atoms with Gasteiger partial charge in [-0.3, -0.25) is 5.41 Å². The second-order valence-electron chi connectivity index (χ2n) is 3.54. The lowest BCUT2D eigenvalue weighted by Crippen LogP contribution is -2.08. The van der Waals surface area contributed by atoms with Gasteiger partial charge >= 0.3 is 0 Å². The van der Waals surface area contributed by atoms with Gasteiger partial charge in [-0.05, 0) is 30.0 Å². The van der Waals surface area contributed by atoms with Crippen LogP contribution >= 0.6 is 11.3 Å². The van der Waals surface area contributed by atoms with Crippen LogP contribution in [-0.4, -0.2) is 17.5 Å². The fraction of sp³-hybridized carbons (Fsp3) is 0.333. The maximum atomic E-state index is 7.76. The molecule has 0 radical (unpaired) electrons. The van der Waals surface area contributed by atoms with Gasteiger partial charge in [0.15, 0.2) is 0 Å². The number of ether oxygens (including phenoxy) is 1. The van der Waals surface area contributed by atoms with Crippen LogP contribution in [-0.2, 0) is 4.74 Å². The van der Waals surface area contributed by atoms with Gasteiger partial charge in [0, 0.05) is 5.39 Å². The largest absolute Gasteiger partial charge is 0.477 e. The monoisotopic (exact) mass is 234 g/mol. The molecular weight excluding hydrogens is 220 g/mol. The van der Waals surface area contributed by atoms with Gasteiger partial charge < -0.3 is 4.74 Å². The van der Waals surface area contributed by atoms with E-state index in [9.17, 15) is 0 Å². The molecule has 84 valence electrons. The molecule has 0 saturated carbocycles. The minimum Gasteiger partial charge on any atom is -0.477 e. The van der Waals surface area contributed by atoms with Crippen molar-refractivity contribution >= 4 is 27.5 Å². The van der Waals surface area contributed by atoms with E-state index in [1.54, 1.807) is 11.3 Å². The molecular formula is C12H14N2OS. The number of nitrogens with zero attached hydrogens (tertiary/aromatic N) is 1. The molecule has 2 aromatic heterocycles. The van der Waals surface area contributed by atoms with Crippen molar-refractivity contribution in [2.24, 2.45) is 0 Å². The number of rotatable bonds is 4. The molecule has 4 heteroatoms. The number of fused-ring (bicyclic) bond motifs is 1. The number of aromatic nitrogens is 1. The van der Waals surface area contributed by atoms with Gasteiger partial charge in [-0.1, -0.05) is 13.3 Å². The maximum absolute atomic E-state index is 7.76. The maximum Gasteiger partial charge on any atom is 0.232 e. The predicted molar refractivity (Wildman–Crippen MR) is 67.3 cm³/mol. The molecule has 2 rings (SSSR count). The van der Waals surface area contributed by atoms with Crippen molar-refractivity contribution in [3.05, 3.63) is 29.3 Å². The molecule has 3 nitrogen and oxygen atoms in total. The number of hydrogen-bond acceptors (Lipinski definition) is 4. The molecule has 0 bridgehead atoms. The van der Waals surface area contributed by atoms with Crippen LogP contribution in [0.2, 0.25) is 0 Å². The lowest BCUT2D eigenvalue weighted by molar-refractivity contribution is 0.294. The van der Waals surface area contributed by atoms with E-state index in [4.69, 9.17) is 10.1 Å². The first kappa shape index (κ1) is 11.1. The third-order valence-corrected chi connectivity index (χ3v) is 3.12. The van der Waals surface area contributed by atoms with E-state index in [0.29, 0.717) is 12.3 Å². The minimum atomic E-state index is 0.170. The van der Waals surface area contributed by atoms with Crippen molar-refractivity contribution in [2.75, 3.05) is 6.61 Å². The molecule has 2 aromatic rings. The highest BCUT2D eigenvalue weighted by atomic mass is 32.1. The van der Waals surface area contributed by atoms with Crippen LogP contribution in [0.4, 0.5) is 0 Å². The summed E-state index contributed by atoms with van der Waals surface area (Å²) in [5, 5.41) is 10.9. The van der Waals surface area contributed by atoms with Crippen molar-refractivity contribution < 1.29 is 4.74 Å². The Morgan fingerprint density at radius 2 is 2.31 bits per heavy atom. The normalized spacial score (nSPS) is 10.6. The number of hydrogen-bond donors (Lipinski definition) is 1. The molecule has 16 heavy (non-hydrogen) atoms. The first-order valence-electron chi connectivity index (χ1n) is 5.37. The summed E-state index contributed by atoms with van der Waals surface area (Å²) in [5.74, 6) is 0.170. The fourth-order valence-electron chi connectivity index (χ4n) is 1.36. The second kappa shape index (κ2) is 5.07. The molecule has 0 atom stereocenters. The quantitative estimate of drug-likeness (QED) is 0.500. The van der Waals surface area contributed by atoms with E-state index in [-0.39, 0.29) is 5.90 Å². The summed E-state index contributed by atoms with van der Waals surface area (Å²) in [6, 6.07) is 5.84. The summed E-state index contributed by atoms with van der Waals surface area (Å²) in [4.78, 5) is 5.34. The molecule has 0 unspecified atom stereocenters. The van der Waals surface area contributed by atoms with Crippen LogP contribution in [0.25, 0.3) is 10.2 Å². The van der Waals surface area contributed by atoms with E-state index in [2.05, 4.69) is 11.9 Å². The fourth-order valence-corrected chi connectivity index (χ4v) is 2.13. The van der Waals surface area contributed by atoms with Crippen LogP contribution in [0.3, 0.4) is 0 Å². The van der Waals surface area contributed by atoms with E-state index < -0.39 is 0 Å². The zero-order chi connectivity index (χ0) is 11.4. The van der Waals surface area contributed by atoms with Gasteiger partial charge in [-0.2, -0.15) is 0 Å². The minimum absolute atomic E-state index is 0.170.